The maximum absolute atomic E-state index is 13.4. The van der Waals surface area contributed by atoms with Crippen LogP contribution < -0.4 is 4.57 Å². The quantitative estimate of drug-likeness (QED) is 0.336. The van der Waals surface area contributed by atoms with Crippen LogP contribution in [0.5, 0.6) is 0 Å². The molecule has 0 amide bonds. The first kappa shape index (κ1) is 19.4. The van der Waals surface area contributed by atoms with Crippen molar-refractivity contribution < 1.29 is 8.96 Å². The summed E-state index contributed by atoms with van der Waals surface area (Å²) in [7, 11) is 2.09. The summed E-state index contributed by atoms with van der Waals surface area (Å²) in [6.45, 7) is 2.22. The molecule has 1 fully saturated rings. The Morgan fingerprint density at radius 1 is 0.875 bits per heavy atom. The molecule has 4 aromatic rings. The molecular formula is C29H26FN2+. The summed E-state index contributed by atoms with van der Waals surface area (Å²) >= 11 is 0. The van der Waals surface area contributed by atoms with E-state index < -0.39 is 0 Å². The number of nitrogens with zero attached hydrogens (tertiary/aromatic N) is 2. The van der Waals surface area contributed by atoms with Crippen molar-refractivity contribution in [3.05, 3.63) is 95.7 Å². The highest BCUT2D eigenvalue weighted by Gasteiger charge is 2.46. The molecule has 1 saturated carbocycles. The van der Waals surface area contributed by atoms with Gasteiger partial charge in [0.25, 0.3) is 0 Å². The molecule has 6 rings (SSSR count). The summed E-state index contributed by atoms with van der Waals surface area (Å²) in [5, 5.41) is 0. The molecule has 0 aliphatic heterocycles. The molecule has 2 heterocycles. The van der Waals surface area contributed by atoms with Crippen LogP contribution in [0.2, 0.25) is 0 Å². The van der Waals surface area contributed by atoms with Gasteiger partial charge in [-0.2, -0.15) is 0 Å². The molecule has 158 valence electrons. The van der Waals surface area contributed by atoms with Crippen LogP contribution in [-0.2, 0) is 12.5 Å². The number of aryl methyl sites for hydroxylation is 2. The Morgan fingerprint density at radius 3 is 2.44 bits per heavy atom. The fraction of sp³-hybridized carbons (Fsp3) is 0.241. The number of hydrogen-bond donors (Lipinski definition) is 0. The van der Waals surface area contributed by atoms with Crippen LogP contribution in [-0.4, -0.2) is 4.98 Å². The third kappa shape index (κ3) is 2.77. The molecule has 0 N–H and O–H groups in total. The first-order chi connectivity index (χ1) is 15.6. The van der Waals surface area contributed by atoms with Gasteiger partial charge >= 0.3 is 0 Å². The number of aromatic nitrogens is 2. The summed E-state index contributed by atoms with van der Waals surface area (Å²) < 4.78 is 15.6. The van der Waals surface area contributed by atoms with E-state index in [0.717, 1.165) is 16.8 Å². The first-order valence-electron chi connectivity index (χ1n) is 11.4. The Hall–Kier alpha value is -3.33. The van der Waals surface area contributed by atoms with E-state index >= 15 is 0 Å². The lowest BCUT2D eigenvalue weighted by Crippen LogP contribution is -2.30. The summed E-state index contributed by atoms with van der Waals surface area (Å²) in [4.78, 5) is 4.88. The number of rotatable bonds is 2. The van der Waals surface area contributed by atoms with Crippen LogP contribution in [0.15, 0.2) is 73.1 Å². The number of fused-ring (bicyclic) bond motifs is 5. The van der Waals surface area contributed by atoms with Crippen LogP contribution in [0.1, 0.15) is 42.5 Å². The standard InChI is InChI=1S/C29H26FN2/c1-19-16-26-25(23-6-5-14-31-28(23)29(26)12-3-4-13-29)18-24(19)27-17-21(11-15-32(27)2)20-7-9-22(30)10-8-20/h5-11,14-18H,3-4,12-13H2,1-2H3/q+1. The molecule has 0 unspecified atom stereocenters. The average molecular weight is 422 g/mol. The summed E-state index contributed by atoms with van der Waals surface area (Å²) in [5.41, 5.74) is 11.2. The van der Waals surface area contributed by atoms with E-state index in [0.29, 0.717) is 0 Å². The second-order valence-corrected chi connectivity index (χ2v) is 9.32. The predicted octanol–water partition coefficient (Wildman–Crippen LogP) is 6.53. The fourth-order valence-electron chi connectivity index (χ4n) is 5.88. The lowest BCUT2D eigenvalue weighted by Gasteiger charge is -2.25. The van der Waals surface area contributed by atoms with Crippen molar-refractivity contribution in [1.82, 2.24) is 4.98 Å². The van der Waals surface area contributed by atoms with Crippen molar-refractivity contribution in [2.45, 2.75) is 38.0 Å². The molecule has 0 bridgehead atoms. The highest BCUT2D eigenvalue weighted by Crippen LogP contribution is 2.56. The van der Waals surface area contributed by atoms with Crippen LogP contribution in [0, 0.1) is 12.7 Å². The minimum absolute atomic E-state index is 0.0906. The van der Waals surface area contributed by atoms with Gasteiger partial charge in [0.15, 0.2) is 6.20 Å². The molecule has 0 atom stereocenters. The fourth-order valence-corrected chi connectivity index (χ4v) is 5.88. The Morgan fingerprint density at radius 2 is 1.66 bits per heavy atom. The summed E-state index contributed by atoms with van der Waals surface area (Å²) in [6.07, 6.45) is 8.96. The zero-order chi connectivity index (χ0) is 21.9. The van der Waals surface area contributed by atoms with Gasteiger partial charge in [-0.25, -0.2) is 8.96 Å². The van der Waals surface area contributed by atoms with Crippen molar-refractivity contribution >= 4 is 0 Å². The Bertz CT molecular complexity index is 1350. The Kier molecular flexibility index (Phi) is 4.29. The smallest absolute Gasteiger partial charge is 0.213 e. The highest BCUT2D eigenvalue weighted by molar-refractivity contribution is 5.84. The van der Waals surface area contributed by atoms with Crippen LogP contribution in [0.4, 0.5) is 4.39 Å². The monoisotopic (exact) mass is 421 g/mol. The van der Waals surface area contributed by atoms with Crippen molar-refractivity contribution in [2.24, 2.45) is 7.05 Å². The lowest BCUT2D eigenvalue weighted by molar-refractivity contribution is -0.660. The van der Waals surface area contributed by atoms with Gasteiger partial charge in [-0.3, -0.25) is 4.98 Å². The normalized spacial score (nSPS) is 15.7. The molecule has 0 saturated heterocycles. The van der Waals surface area contributed by atoms with E-state index in [1.807, 2.05) is 18.3 Å². The molecule has 1 spiro atoms. The van der Waals surface area contributed by atoms with E-state index in [-0.39, 0.29) is 11.2 Å². The third-order valence-corrected chi connectivity index (χ3v) is 7.49. The van der Waals surface area contributed by atoms with E-state index in [1.54, 1.807) is 0 Å². The number of halogens is 1. The Labute approximate surface area is 188 Å². The molecule has 2 aromatic heterocycles. The van der Waals surface area contributed by atoms with Crippen LogP contribution in [0.25, 0.3) is 33.5 Å². The highest BCUT2D eigenvalue weighted by atomic mass is 19.1. The second-order valence-electron chi connectivity index (χ2n) is 9.32. The predicted molar refractivity (Wildman–Crippen MR) is 126 cm³/mol. The van der Waals surface area contributed by atoms with Crippen molar-refractivity contribution in [1.29, 1.82) is 0 Å². The molecule has 32 heavy (non-hydrogen) atoms. The van der Waals surface area contributed by atoms with Gasteiger partial charge in [-0.1, -0.05) is 37.1 Å². The van der Waals surface area contributed by atoms with Crippen LogP contribution >= 0.6 is 0 Å². The van der Waals surface area contributed by atoms with Gasteiger partial charge < -0.3 is 0 Å². The minimum atomic E-state index is -0.210. The maximum atomic E-state index is 13.4. The van der Waals surface area contributed by atoms with Gasteiger partial charge in [0, 0.05) is 34.9 Å². The lowest BCUT2D eigenvalue weighted by atomic mass is 9.78. The SMILES string of the molecule is Cc1cc2c(cc1-c1cc(-c3ccc(F)cc3)cc[n+]1C)-c1cccnc1C21CCCC1. The van der Waals surface area contributed by atoms with E-state index in [2.05, 4.69) is 61.1 Å². The van der Waals surface area contributed by atoms with E-state index in [9.17, 15) is 4.39 Å². The summed E-state index contributed by atoms with van der Waals surface area (Å²) in [5.74, 6) is -0.210. The topological polar surface area (TPSA) is 16.8 Å². The molecule has 2 aromatic carbocycles. The van der Waals surface area contributed by atoms with Crippen molar-refractivity contribution in [3.8, 4) is 33.5 Å². The van der Waals surface area contributed by atoms with Crippen LogP contribution in [0.3, 0.4) is 0 Å². The number of hydrogen-bond acceptors (Lipinski definition) is 1. The van der Waals surface area contributed by atoms with E-state index in [1.165, 1.54) is 71.3 Å². The van der Waals surface area contributed by atoms with Gasteiger partial charge in [0.1, 0.15) is 12.9 Å². The molecular weight excluding hydrogens is 395 g/mol. The largest absolute Gasteiger partial charge is 0.260 e. The first-order valence-corrected chi connectivity index (χ1v) is 11.4. The molecule has 3 heteroatoms. The second kappa shape index (κ2) is 7.09. The van der Waals surface area contributed by atoms with Gasteiger partial charge in [0.05, 0.1) is 5.69 Å². The Balaban J connectivity index is 1.54. The minimum Gasteiger partial charge on any atom is -0.260 e. The molecule has 0 radical (unpaired) electrons. The average Bonchev–Trinajstić information content (AvgIpc) is 3.40. The van der Waals surface area contributed by atoms with Crippen molar-refractivity contribution in [3.63, 3.8) is 0 Å². The van der Waals surface area contributed by atoms with Gasteiger partial charge in [0.2, 0.25) is 5.69 Å². The zero-order valence-electron chi connectivity index (χ0n) is 18.5. The van der Waals surface area contributed by atoms with Crippen molar-refractivity contribution in [2.75, 3.05) is 0 Å². The summed E-state index contributed by atoms with van der Waals surface area (Å²) in [6, 6.07) is 20.1. The van der Waals surface area contributed by atoms with Gasteiger partial charge in [-0.05, 0) is 71.8 Å². The molecule has 2 aliphatic rings. The maximum Gasteiger partial charge on any atom is 0.213 e. The third-order valence-electron chi connectivity index (χ3n) is 7.49. The number of benzene rings is 2. The van der Waals surface area contributed by atoms with Gasteiger partial charge in [-0.15, -0.1) is 0 Å². The number of pyridine rings is 2. The van der Waals surface area contributed by atoms with E-state index in [4.69, 9.17) is 4.98 Å². The molecule has 2 aliphatic carbocycles. The zero-order valence-corrected chi connectivity index (χ0v) is 18.5. The molecule has 2 nitrogen and oxygen atoms in total.